The molecule has 3 aromatic carbocycles. The van der Waals surface area contributed by atoms with Gasteiger partial charge in [-0.25, -0.2) is 0 Å². The van der Waals surface area contributed by atoms with Crippen LogP contribution < -0.4 is 5.32 Å². The van der Waals surface area contributed by atoms with Gasteiger partial charge in [0.05, 0.1) is 12.1 Å². The monoisotopic (exact) mass is 297 g/mol. The Labute approximate surface area is 137 Å². The molecule has 1 aliphatic rings. The van der Waals surface area contributed by atoms with Crippen molar-refractivity contribution in [1.29, 1.82) is 0 Å². The van der Waals surface area contributed by atoms with Gasteiger partial charge in [0.25, 0.3) is 0 Å². The molecule has 0 bridgehead atoms. The average Bonchev–Trinajstić information content (AvgIpc) is 3.09. The molecule has 1 nitrogen and oxygen atoms in total. The molecule has 0 saturated heterocycles. The Morgan fingerprint density at radius 3 is 1.70 bits per heavy atom. The van der Waals surface area contributed by atoms with Gasteiger partial charge in [-0.2, -0.15) is 0 Å². The van der Waals surface area contributed by atoms with Crippen LogP contribution in [0.25, 0.3) is 5.57 Å². The standard InChI is InChI=1S/C22H19N/c1-4-10-17(11-5-1)20-16-21(18-12-6-2-7-13-18)23-22(20)19-14-8-3-9-15-19/h1-16,21-23H. The molecule has 0 aromatic heterocycles. The fourth-order valence-corrected chi connectivity index (χ4v) is 3.26. The van der Waals surface area contributed by atoms with Crippen LogP contribution in [0.1, 0.15) is 28.8 Å². The maximum atomic E-state index is 3.78. The Bertz CT molecular complexity index is 791. The van der Waals surface area contributed by atoms with Crippen LogP contribution in [0.2, 0.25) is 0 Å². The van der Waals surface area contributed by atoms with Gasteiger partial charge in [0, 0.05) is 0 Å². The first kappa shape index (κ1) is 14.0. The zero-order chi connectivity index (χ0) is 15.5. The minimum absolute atomic E-state index is 0.226. The summed E-state index contributed by atoms with van der Waals surface area (Å²) in [5, 5.41) is 3.78. The van der Waals surface area contributed by atoms with Crippen molar-refractivity contribution in [2.75, 3.05) is 0 Å². The summed E-state index contributed by atoms with van der Waals surface area (Å²) in [6, 6.07) is 32.4. The van der Waals surface area contributed by atoms with Crippen molar-refractivity contribution in [2.45, 2.75) is 12.1 Å². The van der Waals surface area contributed by atoms with E-state index in [1.807, 2.05) is 0 Å². The molecule has 0 spiro atoms. The Kier molecular flexibility index (Phi) is 3.79. The fourth-order valence-electron chi connectivity index (χ4n) is 3.26. The topological polar surface area (TPSA) is 12.0 Å². The first-order valence-electron chi connectivity index (χ1n) is 8.05. The molecule has 0 amide bonds. The van der Waals surface area contributed by atoms with Gasteiger partial charge in [0.1, 0.15) is 0 Å². The lowest BCUT2D eigenvalue weighted by molar-refractivity contribution is 0.612. The van der Waals surface area contributed by atoms with Crippen LogP contribution in [0.15, 0.2) is 97.1 Å². The Hall–Kier alpha value is -2.64. The van der Waals surface area contributed by atoms with Crippen molar-refractivity contribution < 1.29 is 0 Å². The van der Waals surface area contributed by atoms with E-state index in [1.165, 1.54) is 22.3 Å². The van der Waals surface area contributed by atoms with E-state index in [1.54, 1.807) is 0 Å². The molecule has 0 radical (unpaired) electrons. The van der Waals surface area contributed by atoms with Gasteiger partial charge < -0.3 is 0 Å². The predicted octanol–water partition coefficient (Wildman–Crippen LogP) is 5.16. The zero-order valence-corrected chi connectivity index (χ0v) is 12.9. The Morgan fingerprint density at radius 1 is 0.565 bits per heavy atom. The largest absolute Gasteiger partial charge is 0.296 e. The van der Waals surface area contributed by atoms with E-state index >= 15 is 0 Å². The lowest BCUT2D eigenvalue weighted by Crippen LogP contribution is -2.19. The highest BCUT2D eigenvalue weighted by molar-refractivity contribution is 5.74. The molecule has 1 aliphatic heterocycles. The molecule has 0 aliphatic carbocycles. The van der Waals surface area contributed by atoms with E-state index in [2.05, 4.69) is 102 Å². The molecule has 2 unspecified atom stereocenters. The van der Waals surface area contributed by atoms with Gasteiger partial charge in [-0.05, 0) is 22.3 Å². The fraction of sp³-hybridized carbons (Fsp3) is 0.0909. The molecule has 0 fully saturated rings. The first-order valence-corrected chi connectivity index (χ1v) is 8.05. The average molecular weight is 297 g/mol. The van der Waals surface area contributed by atoms with Gasteiger partial charge in [-0.15, -0.1) is 0 Å². The highest BCUT2D eigenvalue weighted by Crippen LogP contribution is 2.39. The van der Waals surface area contributed by atoms with Gasteiger partial charge in [0.2, 0.25) is 0 Å². The maximum absolute atomic E-state index is 3.78. The third kappa shape index (κ3) is 2.84. The first-order chi connectivity index (χ1) is 11.4. The van der Waals surface area contributed by atoms with E-state index in [0.29, 0.717) is 0 Å². The third-order valence-electron chi connectivity index (χ3n) is 4.40. The van der Waals surface area contributed by atoms with Crippen molar-refractivity contribution in [3.8, 4) is 0 Å². The van der Waals surface area contributed by atoms with Crippen molar-refractivity contribution in [3.63, 3.8) is 0 Å². The molecular weight excluding hydrogens is 278 g/mol. The molecular formula is C22H19N. The molecule has 112 valence electrons. The smallest absolute Gasteiger partial charge is 0.0587 e. The molecule has 1 N–H and O–H groups in total. The summed E-state index contributed by atoms with van der Waals surface area (Å²) in [7, 11) is 0. The summed E-state index contributed by atoms with van der Waals surface area (Å²) in [5.41, 5.74) is 5.25. The second kappa shape index (κ2) is 6.23. The van der Waals surface area contributed by atoms with Gasteiger partial charge in [0.15, 0.2) is 0 Å². The van der Waals surface area contributed by atoms with Crippen LogP contribution in [-0.4, -0.2) is 0 Å². The lowest BCUT2D eigenvalue weighted by Gasteiger charge is -2.19. The normalized spacial score (nSPS) is 20.3. The quantitative estimate of drug-likeness (QED) is 0.704. The molecule has 1 heterocycles. The van der Waals surface area contributed by atoms with E-state index in [4.69, 9.17) is 0 Å². The van der Waals surface area contributed by atoms with Crippen LogP contribution >= 0.6 is 0 Å². The van der Waals surface area contributed by atoms with E-state index in [9.17, 15) is 0 Å². The second-order valence-electron chi connectivity index (χ2n) is 5.89. The van der Waals surface area contributed by atoms with Crippen molar-refractivity contribution in [3.05, 3.63) is 114 Å². The molecule has 3 aromatic rings. The van der Waals surface area contributed by atoms with Crippen molar-refractivity contribution in [2.24, 2.45) is 0 Å². The molecule has 1 heteroatoms. The van der Waals surface area contributed by atoms with Crippen LogP contribution in [-0.2, 0) is 0 Å². The zero-order valence-electron chi connectivity index (χ0n) is 12.9. The minimum atomic E-state index is 0.226. The van der Waals surface area contributed by atoms with E-state index in [0.717, 1.165) is 0 Å². The maximum Gasteiger partial charge on any atom is 0.0587 e. The number of rotatable bonds is 3. The minimum Gasteiger partial charge on any atom is -0.296 e. The number of benzene rings is 3. The highest BCUT2D eigenvalue weighted by atomic mass is 15.0. The SMILES string of the molecule is C1=C(c2ccccc2)C(c2ccccc2)NC1c1ccccc1. The summed E-state index contributed by atoms with van der Waals surface area (Å²) in [4.78, 5) is 0. The van der Waals surface area contributed by atoms with Crippen LogP contribution in [0.4, 0.5) is 0 Å². The Morgan fingerprint density at radius 2 is 1.09 bits per heavy atom. The van der Waals surface area contributed by atoms with Gasteiger partial charge >= 0.3 is 0 Å². The molecule has 23 heavy (non-hydrogen) atoms. The third-order valence-corrected chi connectivity index (χ3v) is 4.40. The number of hydrogen-bond donors (Lipinski definition) is 1. The number of hydrogen-bond acceptors (Lipinski definition) is 1. The second-order valence-corrected chi connectivity index (χ2v) is 5.89. The molecule has 2 atom stereocenters. The predicted molar refractivity (Wildman–Crippen MR) is 95.9 cm³/mol. The summed E-state index contributed by atoms with van der Waals surface area (Å²) >= 11 is 0. The highest BCUT2D eigenvalue weighted by Gasteiger charge is 2.28. The van der Waals surface area contributed by atoms with Crippen LogP contribution in [0.3, 0.4) is 0 Å². The summed E-state index contributed by atoms with van der Waals surface area (Å²) in [6.07, 6.45) is 2.36. The van der Waals surface area contributed by atoms with E-state index in [-0.39, 0.29) is 12.1 Å². The summed E-state index contributed by atoms with van der Waals surface area (Å²) < 4.78 is 0. The van der Waals surface area contributed by atoms with Crippen LogP contribution in [0, 0.1) is 0 Å². The van der Waals surface area contributed by atoms with Gasteiger partial charge in [-0.1, -0.05) is 97.1 Å². The van der Waals surface area contributed by atoms with Crippen molar-refractivity contribution >= 4 is 5.57 Å². The summed E-state index contributed by atoms with van der Waals surface area (Å²) in [6.45, 7) is 0. The molecule has 0 saturated carbocycles. The van der Waals surface area contributed by atoms with E-state index < -0.39 is 0 Å². The summed E-state index contributed by atoms with van der Waals surface area (Å²) in [5.74, 6) is 0. The van der Waals surface area contributed by atoms with Gasteiger partial charge in [-0.3, -0.25) is 5.32 Å². The Balaban J connectivity index is 1.76. The lowest BCUT2D eigenvalue weighted by atomic mass is 9.95. The number of nitrogens with one attached hydrogen (secondary N) is 1. The molecule has 4 rings (SSSR count). The van der Waals surface area contributed by atoms with Crippen molar-refractivity contribution in [1.82, 2.24) is 5.32 Å². The van der Waals surface area contributed by atoms with Crippen LogP contribution in [0.5, 0.6) is 0 Å².